The van der Waals surface area contributed by atoms with Crippen molar-refractivity contribution in [3.8, 4) is 0 Å². The SMILES string of the molecule is CC(=O)NC(CCN1CCCCC1)C(=O)O. The van der Waals surface area contributed by atoms with Crippen LogP contribution in [0.4, 0.5) is 0 Å². The molecule has 0 aromatic rings. The average Bonchev–Trinajstić information content (AvgIpc) is 2.25. The van der Waals surface area contributed by atoms with Crippen molar-refractivity contribution in [2.24, 2.45) is 0 Å². The van der Waals surface area contributed by atoms with Gasteiger partial charge in [0.1, 0.15) is 6.04 Å². The van der Waals surface area contributed by atoms with Gasteiger partial charge in [0.15, 0.2) is 0 Å². The Hall–Kier alpha value is -1.10. The van der Waals surface area contributed by atoms with Gasteiger partial charge in [-0.3, -0.25) is 4.79 Å². The molecule has 1 atom stereocenters. The van der Waals surface area contributed by atoms with Crippen LogP contribution in [0.15, 0.2) is 0 Å². The van der Waals surface area contributed by atoms with Gasteiger partial charge in [0.05, 0.1) is 0 Å². The lowest BCUT2D eigenvalue weighted by molar-refractivity contribution is -0.141. The number of hydrogen-bond donors (Lipinski definition) is 2. The van der Waals surface area contributed by atoms with Crippen LogP contribution in [0.25, 0.3) is 0 Å². The first-order valence-corrected chi connectivity index (χ1v) is 5.82. The van der Waals surface area contributed by atoms with E-state index in [2.05, 4.69) is 10.2 Å². The molecule has 0 aromatic carbocycles. The predicted molar refractivity (Wildman–Crippen MR) is 60.1 cm³/mol. The molecule has 16 heavy (non-hydrogen) atoms. The number of rotatable bonds is 5. The first kappa shape index (κ1) is 13.0. The van der Waals surface area contributed by atoms with E-state index in [0.29, 0.717) is 6.42 Å². The van der Waals surface area contributed by atoms with E-state index in [-0.39, 0.29) is 5.91 Å². The van der Waals surface area contributed by atoms with Crippen LogP contribution in [-0.4, -0.2) is 47.6 Å². The van der Waals surface area contributed by atoms with E-state index in [1.807, 2.05) is 0 Å². The number of amides is 1. The second-order valence-corrected chi connectivity index (χ2v) is 4.28. The smallest absolute Gasteiger partial charge is 0.326 e. The van der Waals surface area contributed by atoms with Gasteiger partial charge < -0.3 is 15.3 Å². The highest BCUT2D eigenvalue weighted by Gasteiger charge is 2.20. The van der Waals surface area contributed by atoms with E-state index in [4.69, 9.17) is 5.11 Å². The molecule has 1 amide bonds. The number of nitrogens with zero attached hydrogens (tertiary/aromatic N) is 1. The summed E-state index contributed by atoms with van der Waals surface area (Å²) in [6.45, 7) is 4.19. The summed E-state index contributed by atoms with van der Waals surface area (Å²) in [6.07, 6.45) is 4.13. The monoisotopic (exact) mass is 228 g/mol. The van der Waals surface area contributed by atoms with Gasteiger partial charge >= 0.3 is 5.97 Å². The largest absolute Gasteiger partial charge is 0.480 e. The number of hydrogen-bond acceptors (Lipinski definition) is 3. The van der Waals surface area contributed by atoms with E-state index in [1.54, 1.807) is 0 Å². The number of likely N-dealkylation sites (tertiary alicyclic amines) is 1. The molecule has 1 fully saturated rings. The van der Waals surface area contributed by atoms with Crippen molar-refractivity contribution >= 4 is 11.9 Å². The summed E-state index contributed by atoms with van der Waals surface area (Å²) >= 11 is 0. The number of carbonyl (C=O) groups excluding carboxylic acids is 1. The third-order valence-electron chi connectivity index (χ3n) is 2.86. The molecule has 0 aliphatic carbocycles. The molecule has 1 unspecified atom stereocenters. The minimum absolute atomic E-state index is 0.286. The summed E-state index contributed by atoms with van der Waals surface area (Å²) < 4.78 is 0. The number of piperidine rings is 1. The van der Waals surface area contributed by atoms with Crippen molar-refractivity contribution < 1.29 is 14.7 Å². The first-order valence-electron chi connectivity index (χ1n) is 5.82. The Balaban J connectivity index is 2.30. The number of carbonyl (C=O) groups is 2. The van der Waals surface area contributed by atoms with Crippen molar-refractivity contribution in [3.63, 3.8) is 0 Å². The van der Waals surface area contributed by atoms with Gasteiger partial charge in [0, 0.05) is 13.5 Å². The maximum Gasteiger partial charge on any atom is 0.326 e. The average molecular weight is 228 g/mol. The lowest BCUT2D eigenvalue weighted by Crippen LogP contribution is -2.42. The van der Waals surface area contributed by atoms with Gasteiger partial charge in [0.2, 0.25) is 5.91 Å². The van der Waals surface area contributed by atoms with Gasteiger partial charge in [-0.2, -0.15) is 0 Å². The number of nitrogens with one attached hydrogen (secondary N) is 1. The number of aliphatic carboxylic acids is 1. The van der Waals surface area contributed by atoms with E-state index < -0.39 is 12.0 Å². The molecule has 0 spiro atoms. The van der Waals surface area contributed by atoms with Gasteiger partial charge in [-0.25, -0.2) is 4.79 Å². The van der Waals surface area contributed by atoms with Crippen LogP contribution >= 0.6 is 0 Å². The fourth-order valence-electron chi connectivity index (χ4n) is 2.00. The quantitative estimate of drug-likeness (QED) is 0.717. The zero-order valence-corrected chi connectivity index (χ0v) is 9.74. The van der Waals surface area contributed by atoms with Crippen LogP contribution in [0.2, 0.25) is 0 Å². The number of carboxylic acids is 1. The van der Waals surface area contributed by atoms with Crippen LogP contribution in [0.1, 0.15) is 32.6 Å². The number of carboxylic acid groups (broad SMARTS) is 1. The third-order valence-corrected chi connectivity index (χ3v) is 2.86. The van der Waals surface area contributed by atoms with Crippen LogP contribution in [0.3, 0.4) is 0 Å². The fourth-order valence-corrected chi connectivity index (χ4v) is 2.00. The molecule has 2 N–H and O–H groups in total. The highest BCUT2D eigenvalue weighted by atomic mass is 16.4. The van der Waals surface area contributed by atoms with Crippen LogP contribution in [0, 0.1) is 0 Å². The summed E-state index contributed by atoms with van der Waals surface area (Å²) in [5.41, 5.74) is 0. The topological polar surface area (TPSA) is 69.6 Å². The highest BCUT2D eigenvalue weighted by Crippen LogP contribution is 2.09. The van der Waals surface area contributed by atoms with Gasteiger partial charge in [-0.05, 0) is 32.4 Å². The molecule has 0 saturated carbocycles. The Bertz CT molecular complexity index is 250. The summed E-state index contributed by atoms with van der Waals surface area (Å²) in [7, 11) is 0. The molecule has 5 heteroatoms. The molecule has 92 valence electrons. The predicted octanol–water partition coefficient (Wildman–Crippen LogP) is 0.452. The minimum Gasteiger partial charge on any atom is -0.480 e. The zero-order valence-electron chi connectivity index (χ0n) is 9.74. The zero-order chi connectivity index (χ0) is 12.0. The lowest BCUT2D eigenvalue weighted by atomic mass is 10.1. The molecule has 0 bridgehead atoms. The molecule has 1 heterocycles. The van der Waals surface area contributed by atoms with Crippen molar-refractivity contribution in [2.45, 2.75) is 38.6 Å². The van der Waals surface area contributed by atoms with Crippen LogP contribution < -0.4 is 5.32 Å². The van der Waals surface area contributed by atoms with Gasteiger partial charge in [-0.15, -0.1) is 0 Å². The van der Waals surface area contributed by atoms with Gasteiger partial charge in [-0.1, -0.05) is 6.42 Å². The first-order chi connectivity index (χ1) is 7.59. The third kappa shape index (κ3) is 4.61. The molecule has 0 radical (unpaired) electrons. The molecule has 1 saturated heterocycles. The normalized spacial score (nSPS) is 19.1. The van der Waals surface area contributed by atoms with Crippen molar-refractivity contribution in [3.05, 3.63) is 0 Å². The van der Waals surface area contributed by atoms with E-state index >= 15 is 0 Å². The highest BCUT2D eigenvalue weighted by molar-refractivity contribution is 5.81. The molecule has 1 aliphatic heterocycles. The molecule has 1 aliphatic rings. The second-order valence-electron chi connectivity index (χ2n) is 4.28. The summed E-state index contributed by atoms with van der Waals surface area (Å²) in [5, 5.41) is 11.4. The maximum atomic E-state index is 10.9. The maximum absolute atomic E-state index is 10.9. The van der Waals surface area contributed by atoms with E-state index in [1.165, 1.54) is 26.2 Å². The summed E-state index contributed by atoms with van der Waals surface area (Å²) in [4.78, 5) is 24.0. The molecule has 1 rings (SSSR count). The Labute approximate surface area is 95.8 Å². The Morgan fingerprint density at radius 3 is 2.44 bits per heavy atom. The Morgan fingerprint density at radius 1 is 1.31 bits per heavy atom. The summed E-state index contributed by atoms with van der Waals surface area (Å²) in [6, 6.07) is -0.751. The molecule has 0 aromatic heterocycles. The Morgan fingerprint density at radius 2 is 1.94 bits per heavy atom. The Kier molecular flexibility index (Phi) is 5.25. The summed E-state index contributed by atoms with van der Waals surface area (Å²) in [5.74, 6) is -1.24. The lowest BCUT2D eigenvalue weighted by Gasteiger charge is -2.27. The van der Waals surface area contributed by atoms with Gasteiger partial charge in [0.25, 0.3) is 0 Å². The van der Waals surface area contributed by atoms with Crippen LogP contribution in [0.5, 0.6) is 0 Å². The van der Waals surface area contributed by atoms with E-state index in [9.17, 15) is 9.59 Å². The van der Waals surface area contributed by atoms with Crippen molar-refractivity contribution in [1.82, 2.24) is 10.2 Å². The van der Waals surface area contributed by atoms with E-state index in [0.717, 1.165) is 19.6 Å². The second kappa shape index (κ2) is 6.48. The van der Waals surface area contributed by atoms with Crippen molar-refractivity contribution in [2.75, 3.05) is 19.6 Å². The molecular weight excluding hydrogens is 208 g/mol. The minimum atomic E-state index is -0.952. The van der Waals surface area contributed by atoms with Crippen LogP contribution in [-0.2, 0) is 9.59 Å². The standard InChI is InChI=1S/C11H20N2O3/c1-9(14)12-10(11(15)16)5-8-13-6-3-2-4-7-13/h10H,2-8H2,1H3,(H,12,14)(H,15,16). The van der Waals surface area contributed by atoms with Crippen molar-refractivity contribution in [1.29, 1.82) is 0 Å². The fraction of sp³-hybridized carbons (Fsp3) is 0.818. The molecule has 5 nitrogen and oxygen atoms in total. The molecular formula is C11H20N2O3.